The van der Waals surface area contributed by atoms with Crippen molar-refractivity contribution >= 4 is 17.8 Å². The van der Waals surface area contributed by atoms with Crippen molar-refractivity contribution in [2.24, 2.45) is 0 Å². The molecular formula is C12H31NO6Si2. The molecule has 21 heavy (non-hydrogen) atoms. The first-order chi connectivity index (χ1) is 10.0. The normalized spacial score (nSPS) is 13.1. The van der Waals surface area contributed by atoms with Crippen molar-refractivity contribution < 1.29 is 26.6 Å². The number of hydrogen-bond acceptors (Lipinski definition) is 7. The number of hydrogen-bond donors (Lipinski definition) is 0. The third-order valence-corrected chi connectivity index (χ3v) is 9.10. The molecule has 0 radical (unpaired) electrons. The summed E-state index contributed by atoms with van der Waals surface area (Å²) in [4.78, 5) is 0. The Morgan fingerprint density at radius 1 is 0.714 bits per heavy atom. The maximum absolute atomic E-state index is 5.55. The van der Waals surface area contributed by atoms with Gasteiger partial charge in [0.25, 0.3) is 0 Å². The highest BCUT2D eigenvalue weighted by atomic mass is 28.4. The van der Waals surface area contributed by atoms with Crippen LogP contribution in [0, 0.1) is 0 Å². The molecule has 0 unspecified atom stereocenters. The zero-order valence-electron chi connectivity index (χ0n) is 14.4. The minimum atomic E-state index is -2.77. The Balaban J connectivity index is 4.72. The van der Waals surface area contributed by atoms with Gasteiger partial charge in [-0.2, -0.15) is 0 Å². The molecule has 0 spiro atoms. The van der Waals surface area contributed by atoms with Crippen LogP contribution in [0.1, 0.15) is 19.8 Å². The van der Waals surface area contributed by atoms with E-state index in [4.69, 9.17) is 26.6 Å². The molecule has 0 atom stereocenters. The number of nitrogens with zero attached hydrogens (tertiary/aromatic N) is 1. The summed E-state index contributed by atoms with van der Waals surface area (Å²) >= 11 is 0. The molecule has 0 bridgehead atoms. The van der Waals surface area contributed by atoms with Crippen LogP contribution in [0.4, 0.5) is 0 Å². The van der Waals surface area contributed by atoms with Crippen LogP contribution < -0.4 is 0 Å². The Kier molecular flexibility index (Phi) is 10.9. The predicted molar refractivity (Wildman–Crippen MR) is 84.9 cm³/mol. The lowest BCUT2D eigenvalue weighted by atomic mass is 10.4. The maximum atomic E-state index is 5.55. The highest BCUT2D eigenvalue weighted by molar-refractivity contribution is 6.60. The van der Waals surface area contributed by atoms with E-state index in [2.05, 4.69) is 11.5 Å². The van der Waals surface area contributed by atoms with Gasteiger partial charge in [0, 0.05) is 48.7 Å². The third kappa shape index (κ3) is 5.69. The molecule has 0 aromatic rings. The Bertz CT molecular complexity index is 248. The van der Waals surface area contributed by atoms with Crippen LogP contribution in [0.2, 0.25) is 6.04 Å². The van der Waals surface area contributed by atoms with E-state index < -0.39 is 17.8 Å². The molecule has 0 aromatic heterocycles. The van der Waals surface area contributed by atoms with Gasteiger partial charge >= 0.3 is 17.8 Å². The molecule has 0 fully saturated rings. The van der Waals surface area contributed by atoms with Gasteiger partial charge < -0.3 is 26.6 Å². The average molecular weight is 342 g/mol. The van der Waals surface area contributed by atoms with E-state index in [9.17, 15) is 0 Å². The van der Waals surface area contributed by atoms with Crippen molar-refractivity contribution in [2.45, 2.75) is 25.8 Å². The average Bonchev–Trinajstić information content (AvgIpc) is 2.54. The zero-order valence-corrected chi connectivity index (χ0v) is 16.4. The molecule has 9 heteroatoms. The Morgan fingerprint density at radius 2 is 1.19 bits per heavy atom. The lowest BCUT2D eigenvalue weighted by molar-refractivity contribution is 0.0561. The standard InChI is InChI=1S/C12H31NO6Si2/c1-8-10-13(21(17-5,18-6)19-7)11-9-12-20(14-2,15-3)16-4/h8-12H2,1-7H3. The lowest BCUT2D eigenvalue weighted by Gasteiger charge is -2.35. The molecule has 128 valence electrons. The minimum Gasteiger partial charge on any atom is -0.377 e. The van der Waals surface area contributed by atoms with Crippen LogP contribution in [0.15, 0.2) is 0 Å². The van der Waals surface area contributed by atoms with E-state index in [0.717, 1.165) is 32.0 Å². The largest absolute Gasteiger partial charge is 0.598 e. The highest BCUT2D eigenvalue weighted by Gasteiger charge is 2.46. The summed E-state index contributed by atoms with van der Waals surface area (Å²) in [7, 11) is 4.46. The Labute approximate surface area is 131 Å². The Morgan fingerprint density at radius 3 is 1.52 bits per heavy atom. The van der Waals surface area contributed by atoms with E-state index in [-0.39, 0.29) is 0 Å². The van der Waals surface area contributed by atoms with Gasteiger partial charge in [-0.1, -0.05) is 6.92 Å². The van der Waals surface area contributed by atoms with Crippen molar-refractivity contribution in [2.75, 3.05) is 55.7 Å². The van der Waals surface area contributed by atoms with Crippen LogP contribution in [-0.4, -0.2) is 78.1 Å². The molecule has 0 rings (SSSR count). The Hall–Kier alpha value is 0.154. The quantitative estimate of drug-likeness (QED) is 0.469. The second-order valence-electron chi connectivity index (χ2n) is 4.52. The van der Waals surface area contributed by atoms with Crippen molar-refractivity contribution in [3.63, 3.8) is 0 Å². The van der Waals surface area contributed by atoms with Crippen LogP contribution in [0.5, 0.6) is 0 Å². The molecule has 0 aromatic carbocycles. The zero-order chi connectivity index (χ0) is 16.4. The summed E-state index contributed by atoms with van der Waals surface area (Å²) in [5.74, 6) is 0. The first kappa shape index (κ1) is 21.2. The minimum absolute atomic E-state index is 0.734. The molecular weight excluding hydrogens is 310 g/mol. The fourth-order valence-corrected chi connectivity index (χ4v) is 6.24. The molecule has 0 N–H and O–H groups in total. The van der Waals surface area contributed by atoms with E-state index in [1.165, 1.54) is 0 Å². The second-order valence-corrected chi connectivity index (χ2v) is 10.5. The van der Waals surface area contributed by atoms with E-state index in [1.807, 2.05) is 0 Å². The molecule has 7 nitrogen and oxygen atoms in total. The summed E-state index contributed by atoms with van der Waals surface area (Å²) in [5.41, 5.74) is 0. The summed E-state index contributed by atoms with van der Waals surface area (Å²) < 4.78 is 35.1. The first-order valence-electron chi connectivity index (χ1n) is 7.09. The smallest absolute Gasteiger partial charge is 0.377 e. The molecule has 0 saturated carbocycles. The van der Waals surface area contributed by atoms with Gasteiger partial charge in [0.1, 0.15) is 0 Å². The molecule has 0 amide bonds. The van der Waals surface area contributed by atoms with Gasteiger partial charge in [0.05, 0.1) is 0 Å². The molecule has 0 heterocycles. The van der Waals surface area contributed by atoms with Crippen molar-refractivity contribution in [3.8, 4) is 0 Å². The molecule has 0 aliphatic heterocycles. The lowest BCUT2D eigenvalue weighted by Crippen LogP contribution is -2.60. The highest BCUT2D eigenvalue weighted by Crippen LogP contribution is 2.19. The maximum Gasteiger partial charge on any atom is 0.598 e. The van der Waals surface area contributed by atoms with Gasteiger partial charge in [-0.3, -0.25) is 4.57 Å². The van der Waals surface area contributed by atoms with Crippen LogP contribution in [0.25, 0.3) is 0 Å². The van der Waals surface area contributed by atoms with Crippen molar-refractivity contribution in [1.29, 1.82) is 0 Å². The van der Waals surface area contributed by atoms with E-state index in [0.29, 0.717) is 0 Å². The van der Waals surface area contributed by atoms with Gasteiger partial charge in [0.2, 0.25) is 0 Å². The van der Waals surface area contributed by atoms with Crippen LogP contribution >= 0.6 is 0 Å². The first-order valence-corrected chi connectivity index (χ1v) is 10.7. The summed E-state index contributed by atoms with van der Waals surface area (Å²) in [5, 5.41) is 0. The molecule has 0 aliphatic carbocycles. The fourth-order valence-electron chi connectivity index (χ4n) is 2.34. The monoisotopic (exact) mass is 341 g/mol. The summed E-state index contributed by atoms with van der Waals surface area (Å²) in [6, 6.07) is 0.734. The topological polar surface area (TPSA) is 58.6 Å². The van der Waals surface area contributed by atoms with Crippen LogP contribution in [0.3, 0.4) is 0 Å². The van der Waals surface area contributed by atoms with E-state index >= 15 is 0 Å². The van der Waals surface area contributed by atoms with Crippen molar-refractivity contribution in [3.05, 3.63) is 0 Å². The summed E-state index contributed by atoms with van der Waals surface area (Å²) in [6.07, 6.45) is 1.85. The third-order valence-electron chi connectivity index (χ3n) is 3.50. The second kappa shape index (κ2) is 10.8. The predicted octanol–water partition coefficient (Wildman–Crippen LogP) is 1.34. The number of rotatable bonds is 13. The summed E-state index contributed by atoms with van der Waals surface area (Å²) in [6.45, 7) is 3.75. The van der Waals surface area contributed by atoms with Crippen LogP contribution in [-0.2, 0) is 26.6 Å². The molecule has 0 saturated heterocycles. The van der Waals surface area contributed by atoms with Gasteiger partial charge in [-0.05, 0) is 25.9 Å². The fraction of sp³-hybridized carbons (Fsp3) is 1.00. The van der Waals surface area contributed by atoms with Gasteiger partial charge in [-0.15, -0.1) is 0 Å². The SMILES string of the molecule is CCCN(CCC[Si](OC)(OC)OC)[Si](OC)(OC)OC. The van der Waals surface area contributed by atoms with E-state index in [1.54, 1.807) is 42.7 Å². The molecule has 0 aliphatic rings. The van der Waals surface area contributed by atoms with Gasteiger partial charge in [-0.25, -0.2) is 0 Å². The van der Waals surface area contributed by atoms with Crippen molar-refractivity contribution in [1.82, 2.24) is 4.57 Å². The van der Waals surface area contributed by atoms with Gasteiger partial charge in [0.15, 0.2) is 0 Å².